The van der Waals surface area contributed by atoms with E-state index in [0.717, 1.165) is 48.3 Å². The molecule has 1 aromatic rings. The van der Waals surface area contributed by atoms with Gasteiger partial charge in [-0.2, -0.15) is 0 Å². The van der Waals surface area contributed by atoms with Crippen molar-refractivity contribution in [3.63, 3.8) is 0 Å². The van der Waals surface area contributed by atoms with Gasteiger partial charge in [0.15, 0.2) is 0 Å². The number of carbonyl (C=O) groups excluding carboxylic acids is 1. The molecule has 5 rings (SSSR count). The van der Waals surface area contributed by atoms with Crippen LogP contribution >= 0.6 is 15.9 Å². The molecule has 0 N–H and O–H groups in total. The minimum absolute atomic E-state index is 0.0214. The number of esters is 1. The van der Waals surface area contributed by atoms with Gasteiger partial charge < -0.3 is 4.74 Å². The van der Waals surface area contributed by atoms with Crippen molar-refractivity contribution >= 4 is 21.9 Å². The Morgan fingerprint density at radius 1 is 0.946 bits per heavy atom. The fourth-order valence-corrected chi connectivity index (χ4v) is 11.2. The number of rotatable bonds is 7. The van der Waals surface area contributed by atoms with E-state index in [4.69, 9.17) is 4.74 Å². The van der Waals surface area contributed by atoms with E-state index in [2.05, 4.69) is 50.5 Å². The van der Waals surface area contributed by atoms with Crippen LogP contribution in [0.3, 0.4) is 0 Å². The molecule has 4 aliphatic rings. The first-order chi connectivity index (χ1) is 17.6. The molecule has 0 aliphatic heterocycles. The largest absolute Gasteiger partial charge is 0.459 e. The molecule has 3 heteroatoms. The summed E-state index contributed by atoms with van der Waals surface area (Å²) in [6, 6.07) is 9.51. The number of benzene rings is 1. The first-order valence-electron chi connectivity index (χ1n) is 15.5. The van der Waals surface area contributed by atoms with Gasteiger partial charge in [0, 0.05) is 10.7 Å². The lowest BCUT2D eigenvalue weighted by atomic mass is 9.44. The van der Waals surface area contributed by atoms with Crippen LogP contribution in [0.25, 0.3) is 0 Å². The van der Waals surface area contributed by atoms with Crippen LogP contribution in [0.5, 0.6) is 0 Å². The minimum atomic E-state index is -0.160. The van der Waals surface area contributed by atoms with E-state index in [-0.39, 0.29) is 16.4 Å². The molecule has 9 atom stereocenters. The van der Waals surface area contributed by atoms with Crippen molar-refractivity contribution in [3.8, 4) is 0 Å². The molecule has 1 aromatic carbocycles. The lowest BCUT2D eigenvalue weighted by molar-refractivity contribution is -0.116. The van der Waals surface area contributed by atoms with Crippen LogP contribution in [-0.2, 0) is 4.74 Å². The van der Waals surface area contributed by atoms with Crippen molar-refractivity contribution in [1.82, 2.24) is 0 Å². The van der Waals surface area contributed by atoms with Crippen LogP contribution in [0.1, 0.15) is 122 Å². The van der Waals surface area contributed by atoms with Crippen molar-refractivity contribution in [3.05, 3.63) is 35.9 Å². The monoisotopic (exact) mass is 570 g/mol. The number of halogens is 1. The van der Waals surface area contributed by atoms with Gasteiger partial charge in [-0.25, -0.2) is 4.79 Å². The summed E-state index contributed by atoms with van der Waals surface area (Å²) >= 11 is 4.35. The summed E-state index contributed by atoms with van der Waals surface area (Å²) in [5.74, 6) is 5.05. The van der Waals surface area contributed by atoms with Gasteiger partial charge >= 0.3 is 5.97 Å². The predicted octanol–water partition coefficient (Wildman–Crippen LogP) is 9.85. The third-order valence-corrected chi connectivity index (χ3v) is 13.8. The Morgan fingerprint density at radius 2 is 1.70 bits per heavy atom. The molecule has 37 heavy (non-hydrogen) atoms. The summed E-state index contributed by atoms with van der Waals surface area (Å²) in [6.45, 7) is 12.6. The minimum Gasteiger partial charge on any atom is -0.459 e. The van der Waals surface area contributed by atoms with Crippen molar-refractivity contribution in [1.29, 1.82) is 0 Å². The van der Waals surface area contributed by atoms with Crippen LogP contribution in [0.4, 0.5) is 0 Å². The second-order valence-electron chi connectivity index (χ2n) is 14.5. The second-order valence-corrected chi connectivity index (χ2v) is 16.0. The summed E-state index contributed by atoms with van der Waals surface area (Å²) in [7, 11) is 0. The van der Waals surface area contributed by atoms with Crippen LogP contribution in [0, 0.1) is 46.3 Å². The highest BCUT2D eigenvalue weighted by Gasteiger charge is 2.64. The summed E-state index contributed by atoms with van der Waals surface area (Å²) < 4.78 is 6.17. The van der Waals surface area contributed by atoms with Crippen molar-refractivity contribution < 1.29 is 9.53 Å². The van der Waals surface area contributed by atoms with E-state index in [1.54, 1.807) is 0 Å². The molecule has 0 heterocycles. The molecule has 0 unspecified atom stereocenters. The zero-order chi connectivity index (χ0) is 26.4. The molecule has 4 saturated carbocycles. The van der Waals surface area contributed by atoms with Gasteiger partial charge in [-0.3, -0.25) is 0 Å². The van der Waals surface area contributed by atoms with E-state index < -0.39 is 0 Å². The van der Waals surface area contributed by atoms with Crippen molar-refractivity contribution in [2.45, 2.75) is 122 Å². The molecular weight excluding hydrogens is 520 g/mol. The normalized spacial score (nSPS) is 42.0. The Balaban J connectivity index is 1.26. The lowest BCUT2D eigenvalue weighted by Gasteiger charge is -2.64. The zero-order valence-corrected chi connectivity index (χ0v) is 25.7. The average Bonchev–Trinajstić information content (AvgIpc) is 3.22. The SMILES string of the molecule is CC(C)CCC[C@H](C)[C@@H]1CC[C@@H]2[C@@H]3CC[C@]4(Br)C[C@@H](OC(=O)c5ccccc5)CC[C@]4(C)[C@@H]3CC[C@@]21C. The Kier molecular flexibility index (Phi) is 7.96. The van der Waals surface area contributed by atoms with E-state index in [1.807, 2.05) is 30.3 Å². The zero-order valence-electron chi connectivity index (χ0n) is 24.1. The molecule has 0 aromatic heterocycles. The van der Waals surface area contributed by atoms with Gasteiger partial charge in [-0.1, -0.05) is 88.0 Å². The predicted molar refractivity (Wildman–Crippen MR) is 157 cm³/mol. The van der Waals surface area contributed by atoms with Crippen LogP contribution in [0.15, 0.2) is 30.3 Å². The third-order valence-electron chi connectivity index (χ3n) is 12.2. The fourth-order valence-electron chi connectivity index (χ4n) is 10.1. The summed E-state index contributed by atoms with van der Waals surface area (Å²) in [5.41, 5.74) is 1.51. The van der Waals surface area contributed by atoms with E-state index >= 15 is 0 Å². The van der Waals surface area contributed by atoms with Crippen molar-refractivity contribution in [2.75, 3.05) is 0 Å². The van der Waals surface area contributed by atoms with Gasteiger partial charge in [0.25, 0.3) is 0 Å². The average molecular weight is 572 g/mol. The van der Waals surface area contributed by atoms with Gasteiger partial charge in [0.1, 0.15) is 6.10 Å². The maximum Gasteiger partial charge on any atom is 0.338 e. The van der Waals surface area contributed by atoms with Crippen LogP contribution in [-0.4, -0.2) is 16.4 Å². The highest BCUT2D eigenvalue weighted by Crippen LogP contribution is 2.71. The second kappa shape index (κ2) is 10.6. The fraction of sp³-hybridized carbons (Fsp3) is 0.794. The van der Waals surface area contributed by atoms with E-state index in [0.29, 0.717) is 16.4 Å². The molecule has 0 spiro atoms. The molecule has 0 bridgehead atoms. The van der Waals surface area contributed by atoms with E-state index in [9.17, 15) is 4.79 Å². The number of hydrogen-bond donors (Lipinski definition) is 0. The summed E-state index contributed by atoms with van der Waals surface area (Å²) in [6.07, 6.45) is 15.7. The maximum absolute atomic E-state index is 12.8. The molecule has 2 nitrogen and oxygen atoms in total. The molecule has 4 aliphatic carbocycles. The Labute approximate surface area is 235 Å². The standard InChI is InChI=1S/C34H51BrO2/c1-23(2)10-9-11-24(3)28-14-15-29-27-17-21-34(35)22-26(37-31(36)25-12-7-6-8-13-25)16-20-33(34,5)30(27)18-19-32(28,29)4/h6-8,12-13,23-24,26-30H,9-11,14-22H2,1-5H3/t24-,26-,27-,28-,29+,30+,32+,33+,34-/m0/s1. The topological polar surface area (TPSA) is 26.3 Å². The first-order valence-corrected chi connectivity index (χ1v) is 16.3. The molecular formula is C34H51BrO2. The number of hydrogen-bond acceptors (Lipinski definition) is 2. The number of carbonyl (C=O) groups is 1. The molecule has 206 valence electrons. The molecule has 0 amide bonds. The Morgan fingerprint density at radius 3 is 2.43 bits per heavy atom. The summed E-state index contributed by atoms with van der Waals surface area (Å²) in [5, 5.41) is 0. The molecule has 0 saturated heterocycles. The Bertz CT molecular complexity index is 944. The highest BCUT2D eigenvalue weighted by atomic mass is 79.9. The molecule has 4 fully saturated rings. The van der Waals surface area contributed by atoms with E-state index in [1.165, 1.54) is 64.2 Å². The number of ether oxygens (including phenoxy) is 1. The lowest BCUT2D eigenvalue weighted by Crippen LogP contribution is -2.60. The maximum atomic E-state index is 12.8. The Hall–Kier alpha value is -0.830. The van der Waals surface area contributed by atoms with Gasteiger partial charge in [0.05, 0.1) is 5.56 Å². The first kappa shape index (κ1) is 27.7. The quantitative estimate of drug-likeness (QED) is 0.241. The number of alkyl halides is 1. The third kappa shape index (κ3) is 4.98. The molecule has 0 radical (unpaired) electrons. The van der Waals surface area contributed by atoms with Crippen LogP contribution in [0.2, 0.25) is 0 Å². The van der Waals surface area contributed by atoms with Gasteiger partial charge in [-0.05, 0) is 110 Å². The van der Waals surface area contributed by atoms with Crippen molar-refractivity contribution in [2.24, 2.45) is 46.3 Å². The van der Waals surface area contributed by atoms with Crippen LogP contribution < -0.4 is 0 Å². The smallest absolute Gasteiger partial charge is 0.338 e. The highest BCUT2D eigenvalue weighted by molar-refractivity contribution is 9.10. The summed E-state index contributed by atoms with van der Waals surface area (Å²) in [4.78, 5) is 12.8. The van der Waals surface area contributed by atoms with Gasteiger partial charge in [-0.15, -0.1) is 0 Å². The van der Waals surface area contributed by atoms with Gasteiger partial charge in [0.2, 0.25) is 0 Å². The number of fused-ring (bicyclic) bond motifs is 5.